The molecule has 0 aliphatic carbocycles. The lowest BCUT2D eigenvalue weighted by atomic mass is 10.0. The van der Waals surface area contributed by atoms with E-state index in [0.29, 0.717) is 6.08 Å². The van der Waals surface area contributed by atoms with Crippen LogP contribution in [0.5, 0.6) is 0 Å². The summed E-state index contributed by atoms with van der Waals surface area (Å²) in [5.74, 6) is -0.658. The van der Waals surface area contributed by atoms with Gasteiger partial charge in [0.2, 0.25) is 0 Å². The smallest absolute Gasteiger partial charge is 0.310 e. The molecule has 0 fully saturated rings. The van der Waals surface area contributed by atoms with Crippen LogP contribution in [0.1, 0.15) is 13.8 Å². The standard InChI is InChI=1S/C10H15F5OS/c1-4-9(8(3)7-16)6-10(5-2)17(11,12,13,14)15/h4-6,8,16H,2,7H2,1,3H3/b9-4+,10-6+. The van der Waals surface area contributed by atoms with Gasteiger partial charge in [-0.25, -0.2) is 0 Å². The first-order valence-electron chi connectivity index (χ1n) is 4.71. The van der Waals surface area contributed by atoms with Gasteiger partial charge < -0.3 is 5.11 Å². The van der Waals surface area contributed by atoms with Crippen LogP contribution in [-0.2, 0) is 0 Å². The molecular formula is C10H15F5OS. The zero-order valence-corrected chi connectivity index (χ0v) is 10.3. The lowest BCUT2D eigenvalue weighted by Crippen LogP contribution is -2.10. The Labute approximate surface area is 97.0 Å². The lowest BCUT2D eigenvalue weighted by Gasteiger charge is -2.41. The van der Waals surface area contributed by atoms with Crippen LogP contribution >= 0.6 is 10.2 Å². The van der Waals surface area contributed by atoms with Crippen molar-refractivity contribution in [3.8, 4) is 0 Å². The largest absolute Gasteiger partial charge is 0.396 e. The molecule has 0 saturated heterocycles. The van der Waals surface area contributed by atoms with E-state index in [0.717, 1.165) is 0 Å². The molecule has 102 valence electrons. The van der Waals surface area contributed by atoms with E-state index in [2.05, 4.69) is 6.58 Å². The average molecular weight is 278 g/mol. The fourth-order valence-electron chi connectivity index (χ4n) is 1.11. The summed E-state index contributed by atoms with van der Waals surface area (Å²) in [6, 6.07) is 0. The molecule has 0 aromatic heterocycles. The first-order valence-corrected chi connectivity index (χ1v) is 6.66. The van der Waals surface area contributed by atoms with E-state index in [4.69, 9.17) is 5.11 Å². The van der Waals surface area contributed by atoms with Crippen LogP contribution < -0.4 is 0 Å². The third-order valence-electron chi connectivity index (χ3n) is 2.13. The highest BCUT2D eigenvalue weighted by Gasteiger charge is 2.66. The Bertz CT molecular complexity index is 365. The summed E-state index contributed by atoms with van der Waals surface area (Å²) in [6.45, 7) is 5.17. The molecule has 0 amide bonds. The summed E-state index contributed by atoms with van der Waals surface area (Å²) in [5.41, 5.74) is -0.0179. The molecule has 0 spiro atoms. The Hall–Kier alpha value is -0.820. The van der Waals surface area contributed by atoms with E-state index in [1.807, 2.05) is 0 Å². The van der Waals surface area contributed by atoms with Crippen molar-refractivity contribution in [2.24, 2.45) is 5.92 Å². The van der Waals surface area contributed by atoms with E-state index in [9.17, 15) is 19.4 Å². The number of aliphatic hydroxyl groups excluding tert-OH is 1. The molecule has 0 rings (SSSR count). The Morgan fingerprint density at radius 3 is 2.00 bits per heavy atom. The van der Waals surface area contributed by atoms with Gasteiger partial charge in [0.05, 0.1) is 0 Å². The van der Waals surface area contributed by atoms with E-state index >= 15 is 0 Å². The van der Waals surface area contributed by atoms with Gasteiger partial charge in [-0.05, 0) is 24.6 Å². The van der Waals surface area contributed by atoms with Gasteiger partial charge in [-0.2, -0.15) is 0 Å². The van der Waals surface area contributed by atoms with Crippen molar-refractivity contribution in [3.63, 3.8) is 0 Å². The Kier molecular flexibility index (Phi) is 3.93. The minimum atomic E-state index is -9.71. The highest BCUT2D eigenvalue weighted by molar-refractivity contribution is 8.48. The number of hydrogen-bond donors (Lipinski definition) is 1. The maximum atomic E-state index is 12.5. The lowest BCUT2D eigenvalue weighted by molar-refractivity contribution is 0.257. The van der Waals surface area contributed by atoms with Crippen LogP contribution in [0.4, 0.5) is 19.4 Å². The normalized spacial score (nSPS) is 20.5. The molecule has 0 aromatic rings. The van der Waals surface area contributed by atoms with Crippen molar-refractivity contribution in [2.75, 3.05) is 6.61 Å². The molecule has 0 aliphatic heterocycles. The first-order chi connectivity index (χ1) is 7.35. The summed E-state index contributed by atoms with van der Waals surface area (Å²) in [7, 11) is -9.71. The molecule has 1 N–H and O–H groups in total. The summed E-state index contributed by atoms with van der Waals surface area (Å²) in [6.07, 6.45) is 1.67. The van der Waals surface area contributed by atoms with Crippen molar-refractivity contribution < 1.29 is 24.5 Å². The van der Waals surface area contributed by atoms with Crippen molar-refractivity contribution in [3.05, 3.63) is 35.3 Å². The van der Waals surface area contributed by atoms with Gasteiger partial charge in [0.1, 0.15) is 4.91 Å². The number of halogens is 5. The second-order valence-corrected chi connectivity index (χ2v) is 6.00. The zero-order chi connectivity index (χ0) is 14.0. The summed E-state index contributed by atoms with van der Waals surface area (Å²) >= 11 is 0. The monoisotopic (exact) mass is 278 g/mol. The molecule has 0 saturated carbocycles. The van der Waals surface area contributed by atoms with Crippen LogP contribution in [0.15, 0.2) is 35.3 Å². The summed E-state index contributed by atoms with van der Waals surface area (Å²) in [5, 5.41) is 8.80. The van der Waals surface area contributed by atoms with Gasteiger partial charge in [0, 0.05) is 12.5 Å². The maximum absolute atomic E-state index is 12.5. The molecule has 1 atom stereocenters. The minimum Gasteiger partial charge on any atom is -0.396 e. The number of aliphatic hydroxyl groups is 1. The van der Waals surface area contributed by atoms with Gasteiger partial charge in [0.15, 0.2) is 0 Å². The van der Waals surface area contributed by atoms with Crippen LogP contribution in [0, 0.1) is 5.92 Å². The van der Waals surface area contributed by atoms with Crippen LogP contribution in [0.2, 0.25) is 0 Å². The van der Waals surface area contributed by atoms with Crippen molar-refractivity contribution in [1.82, 2.24) is 0 Å². The molecule has 17 heavy (non-hydrogen) atoms. The van der Waals surface area contributed by atoms with E-state index in [-0.39, 0.29) is 11.6 Å². The Balaban J connectivity index is 5.68. The number of hydrogen-bond acceptors (Lipinski definition) is 1. The molecule has 1 unspecified atom stereocenters. The maximum Gasteiger partial charge on any atom is 0.310 e. The fourth-order valence-corrected chi connectivity index (χ4v) is 1.78. The third kappa shape index (κ3) is 4.91. The fraction of sp³-hybridized carbons (Fsp3) is 0.400. The predicted molar refractivity (Wildman–Crippen MR) is 61.4 cm³/mol. The molecule has 0 heterocycles. The van der Waals surface area contributed by atoms with E-state index < -0.39 is 27.7 Å². The molecule has 0 aromatic carbocycles. The Morgan fingerprint density at radius 2 is 1.76 bits per heavy atom. The van der Waals surface area contributed by atoms with Crippen LogP contribution in [0.25, 0.3) is 0 Å². The Morgan fingerprint density at radius 1 is 1.29 bits per heavy atom. The topological polar surface area (TPSA) is 20.2 Å². The van der Waals surface area contributed by atoms with Gasteiger partial charge in [-0.3, -0.25) is 0 Å². The van der Waals surface area contributed by atoms with Gasteiger partial charge in [0.25, 0.3) is 0 Å². The second kappa shape index (κ2) is 4.13. The zero-order valence-electron chi connectivity index (χ0n) is 9.47. The summed E-state index contributed by atoms with van der Waals surface area (Å²) < 4.78 is 62.6. The van der Waals surface area contributed by atoms with Crippen LogP contribution in [-0.4, -0.2) is 11.7 Å². The average Bonchev–Trinajstić information content (AvgIpc) is 2.14. The van der Waals surface area contributed by atoms with Gasteiger partial charge in [-0.15, -0.1) is 0 Å². The van der Waals surface area contributed by atoms with Gasteiger partial charge >= 0.3 is 10.2 Å². The van der Waals surface area contributed by atoms with E-state index in [1.54, 1.807) is 0 Å². The molecule has 7 heteroatoms. The van der Waals surface area contributed by atoms with Crippen molar-refractivity contribution in [2.45, 2.75) is 13.8 Å². The minimum absolute atomic E-state index is 0.0179. The molecule has 1 nitrogen and oxygen atoms in total. The first kappa shape index (κ1) is 16.2. The van der Waals surface area contributed by atoms with E-state index in [1.165, 1.54) is 19.9 Å². The molecule has 0 bridgehead atoms. The van der Waals surface area contributed by atoms with Crippen LogP contribution in [0.3, 0.4) is 0 Å². The highest BCUT2D eigenvalue weighted by atomic mass is 32.5. The highest BCUT2D eigenvalue weighted by Crippen LogP contribution is 3.02. The molecule has 0 radical (unpaired) electrons. The predicted octanol–water partition coefficient (Wildman–Crippen LogP) is 4.93. The number of allylic oxidation sites excluding steroid dienone is 3. The third-order valence-corrected chi connectivity index (χ3v) is 3.31. The SMILES string of the molecule is C=C/C(=C\C(=C/C)C(C)CO)S(F)(F)(F)(F)F. The van der Waals surface area contributed by atoms with Gasteiger partial charge in [-0.1, -0.05) is 39.0 Å². The quantitative estimate of drug-likeness (QED) is 0.558. The van der Waals surface area contributed by atoms with Crippen molar-refractivity contribution >= 4 is 10.2 Å². The molecule has 0 aliphatic rings. The summed E-state index contributed by atoms with van der Waals surface area (Å²) in [4.78, 5) is -2.04. The van der Waals surface area contributed by atoms with Crippen molar-refractivity contribution in [1.29, 1.82) is 0 Å². The molecular weight excluding hydrogens is 263 g/mol. The second-order valence-electron chi connectivity index (χ2n) is 3.59. The number of rotatable bonds is 5.